The zero-order chi connectivity index (χ0) is 15.5. The molecule has 22 heavy (non-hydrogen) atoms. The van der Waals surface area contributed by atoms with Crippen molar-refractivity contribution in [1.29, 1.82) is 0 Å². The van der Waals surface area contributed by atoms with Gasteiger partial charge in [-0.3, -0.25) is 0 Å². The van der Waals surface area contributed by atoms with Gasteiger partial charge in [0.1, 0.15) is 5.82 Å². The van der Waals surface area contributed by atoms with Crippen LogP contribution in [0.25, 0.3) is 22.3 Å². The van der Waals surface area contributed by atoms with Crippen LogP contribution in [-0.2, 0) is 0 Å². The number of aliphatic hydroxyl groups excluding tert-OH is 1. The van der Waals surface area contributed by atoms with E-state index in [0.717, 1.165) is 21.1 Å². The Kier molecular flexibility index (Phi) is 4.17. The number of nitrogens with two attached hydrogens (primary N) is 1. The Bertz CT molecular complexity index is 824. The molecule has 4 N–H and O–H groups in total. The molecule has 7 heteroatoms. The third kappa shape index (κ3) is 2.86. The summed E-state index contributed by atoms with van der Waals surface area (Å²) in [7, 11) is 0. The summed E-state index contributed by atoms with van der Waals surface area (Å²) in [4.78, 5) is 12.9. The number of nitrogens with one attached hydrogen (secondary N) is 1. The highest BCUT2D eigenvalue weighted by molar-refractivity contribution is 9.10. The number of nitrogen functional groups attached to an aromatic ring is 1. The van der Waals surface area contributed by atoms with Gasteiger partial charge >= 0.3 is 0 Å². The summed E-state index contributed by atoms with van der Waals surface area (Å²) in [5.74, 6) is 0.715. The van der Waals surface area contributed by atoms with Crippen LogP contribution in [0, 0.1) is 0 Å². The molecule has 0 aliphatic carbocycles. The fraction of sp³-hybridized carbons (Fsp3) is 0.133. The van der Waals surface area contributed by atoms with Gasteiger partial charge in [-0.05, 0) is 18.2 Å². The summed E-state index contributed by atoms with van der Waals surface area (Å²) in [5, 5.41) is 12.7. The van der Waals surface area contributed by atoms with Gasteiger partial charge in [0.2, 0.25) is 5.95 Å². The molecular formula is C15H14BrN5O. The number of benzene rings is 1. The number of pyridine rings is 1. The number of anilines is 2. The third-order valence-electron chi connectivity index (χ3n) is 3.13. The van der Waals surface area contributed by atoms with Crippen LogP contribution in [0.15, 0.2) is 40.9 Å². The summed E-state index contributed by atoms with van der Waals surface area (Å²) in [6, 6.07) is 11.7. The Hall–Kier alpha value is -2.25. The van der Waals surface area contributed by atoms with Gasteiger partial charge in [0, 0.05) is 16.6 Å². The summed E-state index contributed by atoms with van der Waals surface area (Å²) in [6.07, 6.45) is 0. The monoisotopic (exact) mass is 359 g/mol. The maximum atomic E-state index is 8.93. The lowest BCUT2D eigenvalue weighted by atomic mass is 10.1. The van der Waals surface area contributed by atoms with Crippen molar-refractivity contribution in [2.24, 2.45) is 0 Å². The van der Waals surface area contributed by atoms with Gasteiger partial charge in [0.25, 0.3) is 0 Å². The van der Waals surface area contributed by atoms with E-state index in [1.165, 1.54) is 0 Å². The second-order valence-corrected chi connectivity index (χ2v) is 5.48. The van der Waals surface area contributed by atoms with E-state index in [0.29, 0.717) is 18.0 Å². The van der Waals surface area contributed by atoms with E-state index >= 15 is 0 Å². The zero-order valence-electron chi connectivity index (χ0n) is 11.6. The summed E-state index contributed by atoms with van der Waals surface area (Å²) in [6.45, 7) is 0.394. The van der Waals surface area contributed by atoms with E-state index in [-0.39, 0.29) is 12.6 Å². The number of aliphatic hydroxyl groups is 1. The highest BCUT2D eigenvalue weighted by atomic mass is 79.9. The van der Waals surface area contributed by atoms with Crippen molar-refractivity contribution >= 4 is 38.7 Å². The summed E-state index contributed by atoms with van der Waals surface area (Å²) < 4.78 is 0.961. The zero-order valence-corrected chi connectivity index (χ0v) is 13.2. The topological polar surface area (TPSA) is 97.0 Å². The van der Waals surface area contributed by atoms with Gasteiger partial charge in [-0.1, -0.05) is 34.1 Å². The molecule has 0 fully saturated rings. The summed E-state index contributed by atoms with van der Waals surface area (Å²) in [5.41, 5.74) is 8.03. The molecule has 0 spiro atoms. The quantitative estimate of drug-likeness (QED) is 0.661. The molecule has 6 nitrogen and oxygen atoms in total. The fourth-order valence-electron chi connectivity index (χ4n) is 2.15. The highest BCUT2D eigenvalue weighted by Crippen LogP contribution is 2.29. The molecule has 0 aliphatic heterocycles. The van der Waals surface area contributed by atoms with Gasteiger partial charge in [0.15, 0.2) is 5.65 Å². The lowest BCUT2D eigenvalue weighted by Crippen LogP contribution is -2.09. The van der Waals surface area contributed by atoms with E-state index < -0.39 is 0 Å². The van der Waals surface area contributed by atoms with Crippen LogP contribution in [0.1, 0.15) is 0 Å². The molecule has 0 saturated carbocycles. The van der Waals surface area contributed by atoms with Gasteiger partial charge in [0.05, 0.1) is 17.7 Å². The average Bonchev–Trinajstić information content (AvgIpc) is 2.52. The van der Waals surface area contributed by atoms with E-state index in [2.05, 4.69) is 36.2 Å². The first-order valence-electron chi connectivity index (χ1n) is 6.73. The normalized spacial score (nSPS) is 10.8. The maximum Gasteiger partial charge on any atom is 0.224 e. The number of halogens is 1. The number of fused-ring (bicyclic) bond motifs is 1. The maximum absolute atomic E-state index is 8.93. The SMILES string of the molecule is Nc1nc(NCCO)c2ccc(-c3ccccc3Br)nc2n1. The van der Waals surface area contributed by atoms with E-state index in [4.69, 9.17) is 10.8 Å². The van der Waals surface area contributed by atoms with Crippen LogP contribution in [0.5, 0.6) is 0 Å². The third-order valence-corrected chi connectivity index (χ3v) is 3.82. The van der Waals surface area contributed by atoms with Crippen molar-refractivity contribution in [2.45, 2.75) is 0 Å². The van der Waals surface area contributed by atoms with Crippen molar-refractivity contribution in [3.8, 4) is 11.3 Å². The number of hydrogen-bond acceptors (Lipinski definition) is 6. The minimum Gasteiger partial charge on any atom is -0.395 e. The van der Waals surface area contributed by atoms with E-state index in [9.17, 15) is 0 Å². The van der Waals surface area contributed by atoms with E-state index in [1.807, 2.05) is 36.4 Å². The van der Waals surface area contributed by atoms with Gasteiger partial charge < -0.3 is 16.2 Å². The molecule has 0 bridgehead atoms. The molecule has 112 valence electrons. The predicted octanol–water partition coefficient (Wildman–Crippen LogP) is 2.44. The second-order valence-electron chi connectivity index (χ2n) is 4.63. The molecule has 3 rings (SSSR count). The van der Waals surface area contributed by atoms with Crippen LogP contribution in [0.4, 0.5) is 11.8 Å². The van der Waals surface area contributed by atoms with Crippen molar-refractivity contribution in [1.82, 2.24) is 15.0 Å². The molecule has 0 amide bonds. The molecule has 1 aromatic carbocycles. The molecule has 3 aromatic rings. The molecule has 2 aromatic heterocycles. The second kappa shape index (κ2) is 6.25. The molecule has 0 unspecified atom stereocenters. The average molecular weight is 360 g/mol. The number of rotatable bonds is 4. The lowest BCUT2D eigenvalue weighted by Gasteiger charge is -2.09. The van der Waals surface area contributed by atoms with Crippen LogP contribution < -0.4 is 11.1 Å². The minimum atomic E-state index is 0.00781. The van der Waals surface area contributed by atoms with Gasteiger partial charge in [-0.2, -0.15) is 9.97 Å². The Morgan fingerprint density at radius 1 is 1.09 bits per heavy atom. The van der Waals surface area contributed by atoms with Gasteiger partial charge in [-0.25, -0.2) is 4.98 Å². The molecule has 2 heterocycles. The van der Waals surface area contributed by atoms with Crippen LogP contribution in [-0.4, -0.2) is 33.2 Å². The minimum absolute atomic E-state index is 0.00781. The van der Waals surface area contributed by atoms with Crippen LogP contribution >= 0.6 is 15.9 Å². The van der Waals surface area contributed by atoms with Crippen molar-refractivity contribution in [3.63, 3.8) is 0 Å². The Morgan fingerprint density at radius 2 is 1.91 bits per heavy atom. The summed E-state index contributed by atoms with van der Waals surface area (Å²) >= 11 is 3.52. The van der Waals surface area contributed by atoms with Crippen molar-refractivity contribution in [2.75, 3.05) is 24.2 Å². The lowest BCUT2D eigenvalue weighted by molar-refractivity contribution is 0.311. The molecule has 0 radical (unpaired) electrons. The molecule has 0 atom stereocenters. The first-order valence-corrected chi connectivity index (χ1v) is 7.52. The van der Waals surface area contributed by atoms with Crippen molar-refractivity contribution in [3.05, 3.63) is 40.9 Å². The van der Waals surface area contributed by atoms with Crippen molar-refractivity contribution < 1.29 is 5.11 Å². The van der Waals surface area contributed by atoms with Gasteiger partial charge in [-0.15, -0.1) is 0 Å². The molecular weight excluding hydrogens is 346 g/mol. The Labute approximate surface area is 135 Å². The Morgan fingerprint density at radius 3 is 2.68 bits per heavy atom. The standard InChI is InChI=1S/C15H14BrN5O/c16-11-4-2-1-3-9(11)12-6-5-10-13(18-7-8-22)20-15(17)21-14(10)19-12/h1-6,22H,7-8H2,(H3,17,18,19,20,21). The fourth-order valence-corrected chi connectivity index (χ4v) is 2.64. The molecule has 0 aliphatic rings. The number of nitrogens with zero attached hydrogens (tertiary/aromatic N) is 3. The Balaban J connectivity index is 2.12. The number of aromatic nitrogens is 3. The van der Waals surface area contributed by atoms with Crippen LogP contribution in [0.2, 0.25) is 0 Å². The molecule has 0 saturated heterocycles. The first kappa shape index (κ1) is 14.7. The first-order chi connectivity index (χ1) is 10.7. The number of hydrogen-bond donors (Lipinski definition) is 3. The highest BCUT2D eigenvalue weighted by Gasteiger charge is 2.10. The van der Waals surface area contributed by atoms with Crippen LogP contribution in [0.3, 0.4) is 0 Å². The largest absolute Gasteiger partial charge is 0.395 e. The van der Waals surface area contributed by atoms with E-state index in [1.54, 1.807) is 0 Å². The smallest absolute Gasteiger partial charge is 0.224 e. The predicted molar refractivity (Wildman–Crippen MR) is 90.5 cm³/mol.